The van der Waals surface area contributed by atoms with Crippen LogP contribution in [0.1, 0.15) is 24.5 Å². The summed E-state index contributed by atoms with van der Waals surface area (Å²) in [6, 6.07) is 17.2. The normalized spacial score (nSPS) is 12.8. The third-order valence-electron chi connectivity index (χ3n) is 4.00. The van der Waals surface area contributed by atoms with Crippen LogP contribution >= 0.6 is 24.0 Å². The van der Waals surface area contributed by atoms with Gasteiger partial charge in [0.1, 0.15) is 0 Å². The van der Waals surface area contributed by atoms with E-state index in [9.17, 15) is 8.42 Å². The van der Waals surface area contributed by atoms with Gasteiger partial charge in [0.15, 0.2) is 5.96 Å². The van der Waals surface area contributed by atoms with Gasteiger partial charge in [0.2, 0.25) is 10.0 Å². The standard InChI is InChI=1S/C19H26N4O2S.HI/c1-15(11-12-16-7-4-3-5-8-16)23-19(21-2)22-14-17-9-6-10-18(13-17)26(20,24)25;/h3-10,13,15H,11-12,14H2,1-2H3,(H2,20,24,25)(H2,21,22,23);1H. The fourth-order valence-electron chi connectivity index (χ4n) is 2.55. The molecule has 2 rings (SSSR count). The van der Waals surface area contributed by atoms with E-state index in [1.807, 2.05) is 24.3 Å². The van der Waals surface area contributed by atoms with Gasteiger partial charge in [-0.05, 0) is 43.0 Å². The fourth-order valence-corrected chi connectivity index (χ4v) is 3.13. The predicted molar refractivity (Wildman–Crippen MR) is 121 cm³/mol. The Bertz CT molecular complexity index is 842. The van der Waals surface area contributed by atoms with Gasteiger partial charge in [-0.1, -0.05) is 42.5 Å². The van der Waals surface area contributed by atoms with Gasteiger partial charge in [-0.3, -0.25) is 4.99 Å². The summed E-state index contributed by atoms with van der Waals surface area (Å²) >= 11 is 0. The van der Waals surface area contributed by atoms with Crippen LogP contribution in [0.25, 0.3) is 0 Å². The molecular formula is C19H27IN4O2S. The van der Waals surface area contributed by atoms with E-state index >= 15 is 0 Å². The third-order valence-corrected chi connectivity index (χ3v) is 4.91. The minimum absolute atomic E-state index is 0. The van der Waals surface area contributed by atoms with Crippen molar-refractivity contribution in [1.29, 1.82) is 0 Å². The molecule has 6 nitrogen and oxygen atoms in total. The number of hydrogen-bond acceptors (Lipinski definition) is 3. The van der Waals surface area contributed by atoms with Crippen LogP contribution in [-0.4, -0.2) is 27.5 Å². The van der Waals surface area contributed by atoms with E-state index in [2.05, 4.69) is 34.7 Å². The van der Waals surface area contributed by atoms with Crippen LogP contribution in [0.4, 0.5) is 0 Å². The lowest BCUT2D eigenvalue weighted by Crippen LogP contribution is -2.42. The molecule has 8 heteroatoms. The Morgan fingerprint density at radius 2 is 1.78 bits per heavy atom. The highest BCUT2D eigenvalue weighted by Crippen LogP contribution is 2.09. The molecule has 0 aliphatic heterocycles. The Morgan fingerprint density at radius 3 is 2.41 bits per heavy atom. The van der Waals surface area contributed by atoms with E-state index in [-0.39, 0.29) is 34.9 Å². The first kappa shape index (κ1) is 23.4. The van der Waals surface area contributed by atoms with Crippen molar-refractivity contribution in [3.63, 3.8) is 0 Å². The monoisotopic (exact) mass is 502 g/mol. The molecule has 1 atom stereocenters. The van der Waals surface area contributed by atoms with Crippen LogP contribution in [0.5, 0.6) is 0 Å². The number of benzene rings is 2. The van der Waals surface area contributed by atoms with Gasteiger partial charge in [-0.25, -0.2) is 13.6 Å². The molecule has 0 aliphatic rings. The second kappa shape index (κ2) is 11.3. The summed E-state index contributed by atoms with van der Waals surface area (Å²) in [6.07, 6.45) is 1.97. The summed E-state index contributed by atoms with van der Waals surface area (Å²) in [5.41, 5.74) is 2.13. The molecule has 2 aromatic carbocycles. The Labute approximate surface area is 178 Å². The average molecular weight is 502 g/mol. The summed E-state index contributed by atoms with van der Waals surface area (Å²) in [7, 11) is -1.99. The van der Waals surface area contributed by atoms with E-state index in [4.69, 9.17) is 5.14 Å². The van der Waals surface area contributed by atoms with Crippen molar-refractivity contribution in [3.05, 3.63) is 65.7 Å². The summed E-state index contributed by atoms with van der Waals surface area (Å²) in [4.78, 5) is 4.33. The molecule has 0 amide bonds. The van der Waals surface area contributed by atoms with Crippen LogP contribution in [0, 0.1) is 0 Å². The van der Waals surface area contributed by atoms with Crippen molar-refractivity contribution in [3.8, 4) is 0 Å². The Balaban J connectivity index is 0.00000364. The molecule has 27 heavy (non-hydrogen) atoms. The van der Waals surface area contributed by atoms with Gasteiger partial charge >= 0.3 is 0 Å². The molecule has 4 N–H and O–H groups in total. The lowest BCUT2D eigenvalue weighted by atomic mass is 10.1. The summed E-state index contributed by atoms with van der Waals surface area (Å²) in [5.74, 6) is 0.673. The lowest BCUT2D eigenvalue weighted by Gasteiger charge is -2.18. The van der Waals surface area contributed by atoms with Crippen molar-refractivity contribution in [2.45, 2.75) is 37.2 Å². The van der Waals surface area contributed by atoms with Crippen molar-refractivity contribution >= 4 is 40.0 Å². The first-order chi connectivity index (χ1) is 12.4. The molecule has 0 aromatic heterocycles. The maximum absolute atomic E-state index is 11.4. The van der Waals surface area contributed by atoms with E-state index < -0.39 is 10.0 Å². The molecule has 148 valence electrons. The SMILES string of the molecule is CN=C(NCc1cccc(S(N)(=O)=O)c1)NC(C)CCc1ccccc1.I. The molecular weight excluding hydrogens is 475 g/mol. The summed E-state index contributed by atoms with van der Waals surface area (Å²) < 4.78 is 22.9. The number of primary sulfonamides is 1. The fraction of sp³-hybridized carbons (Fsp3) is 0.316. The van der Waals surface area contributed by atoms with Crippen molar-refractivity contribution in [2.24, 2.45) is 10.1 Å². The molecule has 0 bridgehead atoms. The van der Waals surface area contributed by atoms with Gasteiger partial charge in [0, 0.05) is 19.6 Å². The Morgan fingerprint density at radius 1 is 1.11 bits per heavy atom. The first-order valence-corrected chi connectivity index (χ1v) is 10.1. The third kappa shape index (κ3) is 8.27. The molecule has 0 heterocycles. The average Bonchev–Trinajstić information content (AvgIpc) is 2.64. The van der Waals surface area contributed by atoms with Crippen molar-refractivity contribution in [2.75, 3.05) is 7.05 Å². The number of rotatable bonds is 7. The molecule has 0 fully saturated rings. The minimum atomic E-state index is -3.70. The quantitative estimate of drug-likeness (QED) is 0.308. The van der Waals surface area contributed by atoms with Gasteiger partial charge in [-0.2, -0.15) is 0 Å². The maximum Gasteiger partial charge on any atom is 0.238 e. The zero-order valence-corrected chi connectivity index (χ0v) is 18.7. The van der Waals surface area contributed by atoms with Crippen LogP contribution in [0.15, 0.2) is 64.5 Å². The molecule has 0 aliphatic carbocycles. The van der Waals surface area contributed by atoms with Crippen LogP contribution in [0.2, 0.25) is 0 Å². The van der Waals surface area contributed by atoms with E-state index in [0.717, 1.165) is 18.4 Å². The number of guanidine groups is 1. The van der Waals surface area contributed by atoms with Gasteiger partial charge in [0.25, 0.3) is 0 Å². The molecule has 2 aromatic rings. The number of nitrogens with one attached hydrogen (secondary N) is 2. The number of sulfonamides is 1. The molecule has 1 unspecified atom stereocenters. The van der Waals surface area contributed by atoms with Crippen LogP contribution in [0.3, 0.4) is 0 Å². The number of halogens is 1. The Kier molecular flexibility index (Phi) is 9.75. The van der Waals surface area contributed by atoms with Crippen LogP contribution in [-0.2, 0) is 23.0 Å². The van der Waals surface area contributed by atoms with Crippen molar-refractivity contribution < 1.29 is 8.42 Å². The minimum Gasteiger partial charge on any atom is -0.354 e. The molecule has 0 saturated heterocycles. The molecule has 0 radical (unpaired) electrons. The zero-order chi connectivity index (χ0) is 19.0. The summed E-state index contributed by atoms with van der Waals surface area (Å²) in [6.45, 7) is 2.56. The number of aryl methyl sites for hydroxylation is 1. The van der Waals surface area contributed by atoms with E-state index in [1.165, 1.54) is 11.6 Å². The smallest absolute Gasteiger partial charge is 0.238 e. The highest BCUT2D eigenvalue weighted by Gasteiger charge is 2.09. The van der Waals surface area contributed by atoms with E-state index in [0.29, 0.717) is 12.5 Å². The second-order valence-electron chi connectivity index (χ2n) is 6.19. The molecule has 0 saturated carbocycles. The number of nitrogens with two attached hydrogens (primary N) is 1. The van der Waals surface area contributed by atoms with Gasteiger partial charge in [-0.15, -0.1) is 24.0 Å². The van der Waals surface area contributed by atoms with Crippen molar-refractivity contribution in [1.82, 2.24) is 10.6 Å². The number of aliphatic imine (C=N–C) groups is 1. The van der Waals surface area contributed by atoms with E-state index in [1.54, 1.807) is 19.2 Å². The topological polar surface area (TPSA) is 96.6 Å². The first-order valence-electron chi connectivity index (χ1n) is 8.51. The van der Waals surface area contributed by atoms with Gasteiger partial charge < -0.3 is 10.6 Å². The predicted octanol–water partition coefficient (Wildman–Crippen LogP) is 2.64. The second-order valence-corrected chi connectivity index (χ2v) is 7.75. The number of hydrogen-bond donors (Lipinski definition) is 3. The molecule has 0 spiro atoms. The highest BCUT2D eigenvalue weighted by atomic mass is 127. The maximum atomic E-state index is 11.4. The largest absolute Gasteiger partial charge is 0.354 e. The highest BCUT2D eigenvalue weighted by molar-refractivity contribution is 14.0. The zero-order valence-electron chi connectivity index (χ0n) is 15.6. The summed E-state index contributed by atoms with van der Waals surface area (Å²) in [5, 5.41) is 11.7. The van der Waals surface area contributed by atoms with Gasteiger partial charge in [0.05, 0.1) is 4.90 Å². The number of nitrogens with zero attached hydrogens (tertiary/aromatic N) is 1. The lowest BCUT2D eigenvalue weighted by molar-refractivity contribution is 0.593. The van der Waals surface area contributed by atoms with Crippen LogP contribution < -0.4 is 15.8 Å². The Hall–Kier alpha value is -1.65.